The van der Waals surface area contributed by atoms with Crippen molar-refractivity contribution in [2.45, 2.75) is 6.92 Å². The monoisotopic (exact) mass is 385 g/mol. The average Bonchev–Trinajstić information content (AvgIpc) is 2.82. The summed E-state index contributed by atoms with van der Waals surface area (Å²) in [4.78, 5) is 4.39. The molecular formula is C29H23N. The average molecular weight is 386 g/mol. The molecular weight excluding hydrogens is 362 g/mol. The third-order valence-electron chi connectivity index (χ3n) is 5.90. The van der Waals surface area contributed by atoms with Crippen molar-refractivity contribution >= 4 is 27.3 Å². The molecule has 5 aromatic carbocycles. The van der Waals surface area contributed by atoms with Gasteiger partial charge in [-0.05, 0) is 62.4 Å². The highest BCUT2D eigenvalue weighted by Crippen LogP contribution is 2.43. The lowest BCUT2D eigenvalue weighted by Crippen LogP contribution is -1.95. The Balaban J connectivity index is 1.94. The number of benzene rings is 5. The van der Waals surface area contributed by atoms with Gasteiger partial charge in [0.05, 0.1) is 0 Å². The highest BCUT2D eigenvalue weighted by molar-refractivity contribution is 6.21. The molecule has 0 aliphatic rings. The van der Waals surface area contributed by atoms with Crippen LogP contribution in [0.15, 0.2) is 108 Å². The Bertz CT molecular complexity index is 1340. The number of fused-ring (bicyclic) bond motifs is 2. The minimum atomic E-state index is 1.05. The van der Waals surface area contributed by atoms with Crippen LogP contribution in [0, 0.1) is 0 Å². The number of nitrogens with zero attached hydrogens (tertiary/aromatic N) is 1. The molecule has 0 aromatic heterocycles. The third-order valence-corrected chi connectivity index (χ3v) is 5.90. The Morgan fingerprint density at radius 1 is 0.533 bits per heavy atom. The molecule has 30 heavy (non-hydrogen) atoms. The number of hydrogen-bond acceptors (Lipinski definition) is 1. The van der Waals surface area contributed by atoms with Crippen LogP contribution in [-0.4, -0.2) is 12.8 Å². The fourth-order valence-corrected chi connectivity index (χ4v) is 4.38. The zero-order valence-corrected chi connectivity index (χ0v) is 17.3. The van der Waals surface area contributed by atoms with Gasteiger partial charge in [-0.25, -0.2) is 0 Å². The van der Waals surface area contributed by atoms with Gasteiger partial charge in [-0.3, -0.25) is 4.99 Å². The van der Waals surface area contributed by atoms with Crippen molar-refractivity contribution in [3.8, 4) is 22.3 Å². The molecule has 0 atom stereocenters. The molecule has 0 fully saturated rings. The van der Waals surface area contributed by atoms with E-state index < -0.39 is 0 Å². The first kappa shape index (κ1) is 18.3. The quantitative estimate of drug-likeness (QED) is 0.222. The topological polar surface area (TPSA) is 12.4 Å². The molecule has 5 rings (SSSR count). The van der Waals surface area contributed by atoms with Crippen LogP contribution in [0.2, 0.25) is 0 Å². The summed E-state index contributed by atoms with van der Waals surface area (Å²) in [5.41, 5.74) is 7.27. The number of aliphatic imine (C=N–C) groups is 1. The molecule has 0 amide bonds. The predicted molar refractivity (Wildman–Crippen MR) is 130 cm³/mol. The van der Waals surface area contributed by atoms with Crippen LogP contribution >= 0.6 is 0 Å². The SMILES string of the molecule is C/N=C(\C)c1cccc(-c2c3ccccc3c(-c3ccccc3)c3ccccc23)c1. The molecule has 0 aliphatic heterocycles. The van der Waals surface area contributed by atoms with E-state index >= 15 is 0 Å². The Labute approximate surface area is 177 Å². The van der Waals surface area contributed by atoms with Crippen LogP contribution in [-0.2, 0) is 0 Å². The van der Waals surface area contributed by atoms with Crippen LogP contribution in [0.25, 0.3) is 43.8 Å². The lowest BCUT2D eigenvalue weighted by atomic mass is 9.85. The zero-order chi connectivity index (χ0) is 20.5. The molecule has 0 saturated carbocycles. The van der Waals surface area contributed by atoms with Gasteiger partial charge in [0.15, 0.2) is 0 Å². The summed E-state index contributed by atoms with van der Waals surface area (Å²) in [6.45, 7) is 2.06. The molecule has 0 aliphatic carbocycles. The van der Waals surface area contributed by atoms with E-state index in [2.05, 4.69) is 115 Å². The van der Waals surface area contributed by atoms with E-state index in [0.717, 1.165) is 11.3 Å². The standard InChI is InChI=1S/C29H23N/c1-20(30-2)22-13-10-14-23(19-22)29-26-17-8-6-15-24(26)28(21-11-4-3-5-12-21)25-16-7-9-18-27(25)29/h3-19H,1-2H3/b30-20+. The van der Waals surface area contributed by atoms with Crippen LogP contribution < -0.4 is 0 Å². The van der Waals surface area contributed by atoms with Gasteiger partial charge >= 0.3 is 0 Å². The van der Waals surface area contributed by atoms with Gasteiger partial charge in [-0.15, -0.1) is 0 Å². The molecule has 0 saturated heterocycles. The summed E-state index contributed by atoms with van der Waals surface area (Å²) in [5, 5.41) is 5.11. The van der Waals surface area contributed by atoms with Crippen molar-refractivity contribution < 1.29 is 0 Å². The van der Waals surface area contributed by atoms with E-state index in [-0.39, 0.29) is 0 Å². The summed E-state index contributed by atoms with van der Waals surface area (Å²) < 4.78 is 0. The third kappa shape index (κ3) is 3.00. The van der Waals surface area contributed by atoms with Crippen molar-refractivity contribution in [2.75, 3.05) is 7.05 Å². The molecule has 144 valence electrons. The van der Waals surface area contributed by atoms with Gasteiger partial charge < -0.3 is 0 Å². The molecule has 0 spiro atoms. The van der Waals surface area contributed by atoms with E-state index in [4.69, 9.17) is 0 Å². The molecule has 0 heterocycles. The Hall–Kier alpha value is -3.71. The zero-order valence-electron chi connectivity index (χ0n) is 17.3. The second-order valence-corrected chi connectivity index (χ2v) is 7.60. The first-order chi connectivity index (χ1) is 14.8. The van der Waals surface area contributed by atoms with Gasteiger partial charge in [-0.1, -0.05) is 97.1 Å². The fraction of sp³-hybridized carbons (Fsp3) is 0.0690. The van der Waals surface area contributed by atoms with Crippen LogP contribution in [0.3, 0.4) is 0 Å². The fourth-order valence-electron chi connectivity index (χ4n) is 4.38. The minimum Gasteiger partial charge on any atom is -0.293 e. The Morgan fingerprint density at radius 2 is 1.00 bits per heavy atom. The smallest absolute Gasteiger partial charge is 0.0386 e. The second kappa shape index (κ2) is 7.61. The largest absolute Gasteiger partial charge is 0.293 e. The first-order valence-electron chi connectivity index (χ1n) is 10.3. The normalized spacial score (nSPS) is 11.9. The maximum Gasteiger partial charge on any atom is 0.0386 e. The molecule has 0 unspecified atom stereocenters. The van der Waals surface area contributed by atoms with Crippen molar-refractivity contribution in [1.82, 2.24) is 0 Å². The van der Waals surface area contributed by atoms with Gasteiger partial charge in [0, 0.05) is 12.8 Å². The van der Waals surface area contributed by atoms with E-state index in [1.165, 1.54) is 43.8 Å². The summed E-state index contributed by atoms with van der Waals surface area (Å²) in [7, 11) is 1.85. The van der Waals surface area contributed by atoms with Gasteiger partial charge in [0.1, 0.15) is 0 Å². The Morgan fingerprint density at radius 3 is 1.53 bits per heavy atom. The first-order valence-corrected chi connectivity index (χ1v) is 10.3. The van der Waals surface area contributed by atoms with E-state index in [1.807, 2.05) is 7.05 Å². The molecule has 0 radical (unpaired) electrons. The lowest BCUT2D eigenvalue weighted by Gasteiger charge is -2.18. The molecule has 1 nitrogen and oxygen atoms in total. The van der Waals surface area contributed by atoms with Crippen molar-refractivity contribution in [2.24, 2.45) is 4.99 Å². The van der Waals surface area contributed by atoms with Crippen LogP contribution in [0.1, 0.15) is 12.5 Å². The summed E-state index contributed by atoms with van der Waals surface area (Å²) >= 11 is 0. The predicted octanol–water partition coefficient (Wildman–Crippen LogP) is 7.77. The minimum absolute atomic E-state index is 1.05. The maximum absolute atomic E-state index is 4.39. The van der Waals surface area contributed by atoms with Crippen molar-refractivity contribution in [3.63, 3.8) is 0 Å². The molecule has 0 N–H and O–H groups in total. The number of rotatable bonds is 3. The van der Waals surface area contributed by atoms with E-state index in [1.54, 1.807) is 0 Å². The van der Waals surface area contributed by atoms with Crippen molar-refractivity contribution in [3.05, 3.63) is 109 Å². The summed E-state index contributed by atoms with van der Waals surface area (Å²) in [6, 6.07) is 37.0. The van der Waals surface area contributed by atoms with Crippen LogP contribution in [0.4, 0.5) is 0 Å². The molecule has 0 bridgehead atoms. The van der Waals surface area contributed by atoms with Crippen molar-refractivity contribution in [1.29, 1.82) is 0 Å². The molecule has 5 aromatic rings. The summed E-state index contributed by atoms with van der Waals surface area (Å²) in [5.74, 6) is 0. The van der Waals surface area contributed by atoms with Gasteiger partial charge in [0.25, 0.3) is 0 Å². The highest BCUT2D eigenvalue weighted by atomic mass is 14.7. The number of hydrogen-bond donors (Lipinski definition) is 0. The maximum atomic E-state index is 4.39. The Kier molecular flexibility index (Phi) is 4.65. The van der Waals surface area contributed by atoms with E-state index in [0.29, 0.717) is 0 Å². The van der Waals surface area contributed by atoms with Gasteiger partial charge in [0.2, 0.25) is 0 Å². The second-order valence-electron chi connectivity index (χ2n) is 7.60. The highest BCUT2D eigenvalue weighted by Gasteiger charge is 2.16. The van der Waals surface area contributed by atoms with Gasteiger partial charge in [-0.2, -0.15) is 0 Å². The van der Waals surface area contributed by atoms with Crippen LogP contribution in [0.5, 0.6) is 0 Å². The van der Waals surface area contributed by atoms with E-state index in [9.17, 15) is 0 Å². The summed E-state index contributed by atoms with van der Waals surface area (Å²) in [6.07, 6.45) is 0. The molecule has 1 heteroatoms. The lowest BCUT2D eigenvalue weighted by molar-refractivity contribution is 1.41.